The molecule has 1 amide bonds. The molecule has 0 aromatic heterocycles. The number of benzene rings is 1. The maximum Gasteiger partial charge on any atom is 0.255 e. The number of amides is 1. The number of nitrogens with one attached hydrogen (secondary N) is 1. The summed E-state index contributed by atoms with van der Waals surface area (Å²) in [4.78, 5) is 12.3. The van der Waals surface area contributed by atoms with Crippen LogP contribution in [0, 0.1) is 0 Å². The van der Waals surface area contributed by atoms with Gasteiger partial charge >= 0.3 is 0 Å². The van der Waals surface area contributed by atoms with E-state index >= 15 is 0 Å². The van der Waals surface area contributed by atoms with Gasteiger partial charge in [-0.2, -0.15) is 0 Å². The number of hydrogen-bond acceptors (Lipinski definition) is 4. The van der Waals surface area contributed by atoms with Gasteiger partial charge in [0, 0.05) is 12.6 Å². The molecule has 0 radical (unpaired) electrons. The van der Waals surface area contributed by atoms with Crippen LogP contribution in [0.2, 0.25) is 0 Å². The molecule has 0 bridgehead atoms. The van der Waals surface area contributed by atoms with Crippen LogP contribution in [0.1, 0.15) is 36.5 Å². The summed E-state index contributed by atoms with van der Waals surface area (Å²) in [5.41, 5.74) is 6.16. The summed E-state index contributed by atoms with van der Waals surface area (Å²) in [6.45, 7) is 2.54. The molecule has 1 atom stereocenters. The predicted molar refractivity (Wildman–Crippen MR) is 86.6 cm³/mol. The lowest BCUT2D eigenvalue weighted by atomic mass is 10.1. The zero-order valence-electron chi connectivity index (χ0n) is 12.8. The Hall–Kier alpha value is -1.46. The van der Waals surface area contributed by atoms with E-state index in [1.165, 1.54) is 7.11 Å². The third kappa shape index (κ3) is 5.81. The maximum absolute atomic E-state index is 12.3. The van der Waals surface area contributed by atoms with Crippen LogP contribution in [0.4, 0.5) is 0 Å². The van der Waals surface area contributed by atoms with Gasteiger partial charge in [-0.1, -0.05) is 19.8 Å². The summed E-state index contributed by atoms with van der Waals surface area (Å²) in [6.07, 6.45) is 3.00. The molecule has 3 N–H and O–H groups in total. The van der Waals surface area contributed by atoms with Crippen molar-refractivity contribution in [3.8, 4) is 11.5 Å². The van der Waals surface area contributed by atoms with E-state index in [0.29, 0.717) is 23.6 Å². The number of nitrogens with two attached hydrogens (primary N) is 1. The Morgan fingerprint density at radius 1 is 1.33 bits per heavy atom. The molecule has 1 aromatic carbocycles. The van der Waals surface area contributed by atoms with E-state index in [9.17, 15) is 4.79 Å². The fraction of sp³-hybridized carbons (Fsp3) is 0.533. The average molecular weight is 317 g/mol. The van der Waals surface area contributed by atoms with Crippen molar-refractivity contribution >= 4 is 18.3 Å². The number of carbonyl (C=O) groups is 1. The Kier molecular flexibility index (Phi) is 9.58. The van der Waals surface area contributed by atoms with Crippen molar-refractivity contribution in [2.75, 3.05) is 20.8 Å². The molecule has 0 spiro atoms. The van der Waals surface area contributed by atoms with Gasteiger partial charge in [-0.3, -0.25) is 4.79 Å². The number of unbranched alkanes of at least 4 members (excludes halogenated alkanes) is 1. The van der Waals surface area contributed by atoms with Gasteiger partial charge in [0.2, 0.25) is 0 Å². The van der Waals surface area contributed by atoms with E-state index in [1.807, 2.05) is 0 Å². The standard InChI is InChI=1S/C15H24N2O3.ClH/c1-4-5-6-11(10-16)17-15(18)13-9-12(19-2)7-8-14(13)20-3;/h7-9,11H,4-6,10,16H2,1-3H3,(H,17,18);1H. The Morgan fingerprint density at radius 2 is 2.05 bits per heavy atom. The lowest BCUT2D eigenvalue weighted by Gasteiger charge is -2.18. The van der Waals surface area contributed by atoms with Crippen molar-refractivity contribution in [2.24, 2.45) is 5.73 Å². The van der Waals surface area contributed by atoms with Gasteiger partial charge in [-0.25, -0.2) is 0 Å². The molecule has 0 heterocycles. The number of ether oxygens (including phenoxy) is 2. The van der Waals surface area contributed by atoms with E-state index in [0.717, 1.165) is 19.3 Å². The molecule has 0 saturated heterocycles. The number of carbonyl (C=O) groups excluding carboxylic acids is 1. The maximum atomic E-state index is 12.3. The normalized spacial score (nSPS) is 11.2. The Balaban J connectivity index is 0.00000400. The summed E-state index contributed by atoms with van der Waals surface area (Å²) < 4.78 is 10.4. The van der Waals surface area contributed by atoms with E-state index in [1.54, 1.807) is 25.3 Å². The number of halogens is 1. The second kappa shape index (κ2) is 10.3. The van der Waals surface area contributed by atoms with Gasteiger partial charge < -0.3 is 20.5 Å². The quantitative estimate of drug-likeness (QED) is 0.772. The van der Waals surface area contributed by atoms with Crippen LogP contribution in [0.15, 0.2) is 18.2 Å². The van der Waals surface area contributed by atoms with E-state index in [4.69, 9.17) is 15.2 Å². The van der Waals surface area contributed by atoms with Crippen LogP contribution < -0.4 is 20.5 Å². The van der Waals surface area contributed by atoms with Crippen LogP contribution in [0.25, 0.3) is 0 Å². The smallest absolute Gasteiger partial charge is 0.255 e. The summed E-state index contributed by atoms with van der Waals surface area (Å²) >= 11 is 0. The SMILES string of the molecule is CCCCC(CN)NC(=O)c1cc(OC)ccc1OC.Cl. The average Bonchev–Trinajstić information content (AvgIpc) is 2.50. The van der Waals surface area contributed by atoms with E-state index in [2.05, 4.69) is 12.2 Å². The molecule has 0 fully saturated rings. The molecule has 0 aliphatic carbocycles. The summed E-state index contributed by atoms with van der Waals surface area (Å²) in [6, 6.07) is 5.13. The third-order valence-corrected chi connectivity index (χ3v) is 3.18. The van der Waals surface area contributed by atoms with Crippen LogP contribution >= 0.6 is 12.4 Å². The minimum atomic E-state index is -0.188. The Labute approximate surface area is 132 Å². The fourth-order valence-electron chi connectivity index (χ4n) is 1.95. The summed E-state index contributed by atoms with van der Waals surface area (Å²) in [5, 5.41) is 2.94. The number of methoxy groups -OCH3 is 2. The number of hydrogen-bond donors (Lipinski definition) is 2. The summed E-state index contributed by atoms with van der Waals surface area (Å²) in [7, 11) is 3.10. The molecule has 1 rings (SSSR count). The molecular weight excluding hydrogens is 292 g/mol. The zero-order valence-corrected chi connectivity index (χ0v) is 13.7. The molecule has 5 nitrogen and oxygen atoms in total. The van der Waals surface area contributed by atoms with Crippen molar-refractivity contribution in [2.45, 2.75) is 32.2 Å². The van der Waals surface area contributed by atoms with Gasteiger partial charge in [0.25, 0.3) is 5.91 Å². The number of rotatable bonds is 8. The van der Waals surface area contributed by atoms with Crippen LogP contribution in [0.3, 0.4) is 0 Å². The second-order valence-corrected chi connectivity index (χ2v) is 4.61. The summed E-state index contributed by atoms with van der Waals surface area (Å²) in [5.74, 6) is 0.954. The predicted octanol–water partition coefficient (Wildman–Crippen LogP) is 2.37. The molecule has 1 unspecified atom stereocenters. The van der Waals surface area contributed by atoms with E-state index in [-0.39, 0.29) is 24.4 Å². The molecule has 0 aliphatic rings. The lowest BCUT2D eigenvalue weighted by molar-refractivity contribution is 0.0932. The largest absolute Gasteiger partial charge is 0.497 e. The minimum Gasteiger partial charge on any atom is -0.497 e. The van der Waals surface area contributed by atoms with Gasteiger partial charge in [-0.15, -0.1) is 12.4 Å². The first kappa shape index (κ1) is 19.5. The molecule has 21 heavy (non-hydrogen) atoms. The molecule has 6 heteroatoms. The van der Waals surface area contributed by atoms with E-state index < -0.39 is 0 Å². The lowest BCUT2D eigenvalue weighted by Crippen LogP contribution is -2.40. The molecular formula is C15H25ClN2O3. The Bertz CT molecular complexity index is 441. The highest BCUT2D eigenvalue weighted by atomic mass is 35.5. The van der Waals surface area contributed by atoms with Crippen LogP contribution in [-0.4, -0.2) is 32.7 Å². The molecule has 120 valence electrons. The first-order valence-corrected chi connectivity index (χ1v) is 6.89. The monoisotopic (exact) mass is 316 g/mol. The molecule has 0 aliphatic heterocycles. The van der Waals surface area contributed by atoms with Crippen molar-refractivity contribution in [3.05, 3.63) is 23.8 Å². The fourth-order valence-corrected chi connectivity index (χ4v) is 1.95. The van der Waals surface area contributed by atoms with Crippen LogP contribution in [0.5, 0.6) is 11.5 Å². The minimum absolute atomic E-state index is 0. The third-order valence-electron chi connectivity index (χ3n) is 3.18. The highest BCUT2D eigenvalue weighted by Crippen LogP contribution is 2.24. The topological polar surface area (TPSA) is 73.6 Å². The van der Waals surface area contributed by atoms with Crippen molar-refractivity contribution < 1.29 is 14.3 Å². The van der Waals surface area contributed by atoms with Crippen molar-refractivity contribution in [1.29, 1.82) is 0 Å². The van der Waals surface area contributed by atoms with Gasteiger partial charge in [0.15, 0.2) is 0 Å². The van der Waals surface area contributed by atoms with Crippen LogP contribution in [-0.2, 0) is 0 Å². The second-order valence-electron chi connectivity index (χ2n) is 4.61. The zero-order chi connectivity index (χ0) is 15.0. The highest BCUT2D eigenvalue weighted by Gasteiger charge is 2.16. The van der Waals surface area contributed by atoms with Gasteiger partial charge in [0.05, 0.1) is 19.8 Å². The van der Waals surface area contributed by atoms with Crippen molar-refractivity contribution in [1.82, 2.24) is 5.32 Å². The Morgan fingerprint density at radius 3 is 2.57 bits per heavy atom. The first-order chi connectivity index (χ1) is 9.65. The van der Waals surface area contributed by atoms with Gasteiger partial charge in [-0.05, 0) is 24.6 Å². The van der Waals surface area contributed by atoms with Gasteiger partial charge in [0.1, 0.15) is 11.5 Å². The molecule has 1 aromatic rings. The van der Waals surface area contributed by atoms with Crippen molar-refractivity contribution in [3.63, 3.8) is 0 Å². The highest BCUT2D eigenvalue weighted by molar-refractivity contribution is 5.97. The molecule has 0 saturated carbocycles. The first-order valence-electron chi connectivity index (χ1n) is 6.89.